The molecule has 4 aliphatic heterocycles. The Kier molecular flexibility index (Phi) is 6.95. The zero-order valence-corrected chi connectivity index (χ0v) is 24.2. The van der Waals surface area contributed by atoms with Crippen LogP contribution in [0.4, 0.5) is 9.93 Å². The quantitative estimate of drug-likeness (QED) is 0.378. The van der Waals surface area contributed by atoms with Crippen LogP contribution in [-0.2, 0) is 29.0 Å². The van der Waals surface area contributed by atoms with Crippen molar-refractivity contribution in [1.29, 1.82) is 0 Å². The van der Waals surface area contributed by atoms with Crippen molar-refractivity contribution in [2.75, 3.05) is 38.2 Å². The van der Waals surface area contributed by atoms with Gasteiger partial charge in [0.1, 0.15) is 18.3 Å². The smallest absolute Gasteiger partial charge is 0.407 e. The number of nitrogens with zero attached hydrogens (tertiary/aromatic N) is 2. The molecule has 13 heteroatoms. The van der Waals surface area contributed by atoms with E-state index in [1.54, 1.807) is 22.5 Å². The second kappa shape index (κ2) is 10.4. The van der Waals surface area contributed by atoms with Crippen LogP contribution in [0.15, 0.2) is 23.1 Å². The maximum Gasteiger partial charge on any atom is 0.407 e. The summed E-state index contributed by atoms with van der Waals surface area (Å²) in [7, 11) is -3.72. The molecular weight excluding hydrogens is 556 g/mol. The Morgan fingerprint density at radius 3 is 2.85 bits per heavy atom. The maximum atomic E-state index is 13.8. The van der Waals surface area contributed by atoms with Gasteiger partial charge in [-0.05, 0) is 55.7 Å². The van der Waals surface area contributed by atoms with E-state index < -0.39 is 22.2 Å². The van der Waals surface area contributed by atoms with Gasteiger partial charge in [-0.15, -0.1) is 0 Å². The minimum atomic E-state index is -3.72. The van der Waals surface area contributed by atoms with Crippen LogP contribution in [0.2, 0.25) is 0 Å². The summed E-state index contributed by atoms with van der Waals surface area (Å²) in [6, 6.07) is 5.66. The summed E-state index contributed by atoms with van der Waals surface area (Å²) in [6.45, 7) is 4.10. The molecule has 5 heterocycles. The van der Waals surface area contributed by atoms with Crippen molar-refractivity contribution in [3.63, 3.8) is 0 Å². The summed E-state index contributed by atoms with van der Waals surface area (Å²) < 4.78 is 53.2. The average molecular weight is 593 g/mol. The highest BCUT2D eigenvalue weighted by Gasteiger charge is 2.51. The van der Waals surface area contributed by atoms with E-state index in [0.717, 1.165) is 41.0 Å². The molecule has 218 valence electrons. The number of carbonyl (C=O) groups excluding carboxylic acids is 1. The molecular formula is C27H36N4O7S2. The first-order valence-corrected chi connectivity index (χ1v) is 16.5. The minimum absolute atomic E-state index is 0.00269. The Balaban J connectivity index is 0.974. The number of ether oxygens (including phenoxy) is 4. The Morgan fingerprint density at radius 2 is 2.05 bits per heavy atom. The van der Waals surface area contributed by atoms with Crippen molar-refractivity contribution in [1.82, 2.24) is 14.6 Å². The molecule has 4 saturated heterocycles. The highest BCUT2D eigenvalue weighted by Crippen LogP contribution is 2.46. The summed E-state index contributed by atoms with van der Waals surface area (Å²) in [6.07, 6.45) is 3.76. The van der Waals surface area contributed by atoms with Crippen LogP contribution in [0.5, 0.6) is 0 Å². The van der Waals surface area contributed by atoms with Crippen LogP contribution in [0.3, 0.4) is 0 Å². The molecule has 5 atom stereocenters. The van der Waals surface area contributed by atoms with Crippen molar-refractivity contribution in [3.8, 4) is 0 Å². The van der Waals surface area contributed by atoms with E-state index in [1.807, 2.05) is 0 Å². The molecule has 8 rings (SSSR count). The molecule has 2 aliphatic carbocycles. The number of fused-ring (bicyclic) bond motifs is 3. The zero-order chi connectivity index (χ0) is 27.5. The van der Waals surface area contributed by atoms with Gasteiger partial charge in [0.05, 0.1) is 28.3 Å². The van der Waals surface area contributed by atoms with Gasteiger partial charge in [0, 0.05) is 38.0 Å². The third kappa shape index (κ3) is 5.56. The highest BCUT2D eigenvalue weighted by atomic mass is 32.2. The monoisotopic (exact) mass is 592 g/mol. The fraction of sp³-hybridized carbons (Fsp3) is 0.704. The standard InChI is InChI=1S/C27H36N4O7S2/c1-27(7-8-27)15-31(40(33,34)18-5-6-19-22(11-18)39-25(30-19)29-17-3-4-17)10-2-9-28-26(32)38-23-16-13-35-21-12-20(23)37-24(21)36-14-16/h5-6,11,16-17,20-21,23-24H,2-4,7-10,12-15H2,1H3,(H,28,32)(H,29,30). The van der Waals surface area contributed by atoms with E-state index in [1.165, 1.54) is 11.3 Å². The van der Waals surface area contributed by atoms with Gasteiger partial charge in [-0.3, -0.25) is 0 Å². The molecule has 0 spiro atoms. The number of carbonyl (C=O) groups is 1. The van der Waals surface area contributed by atoms with E-state index in [9.17, 15) is 13.2 Å². The number of alkyl carbamates (subject to hydrolysis) is 1. The number of thiazole rings is 1. The van der Waals surface area contributed by atoms with Crippen molar-refractivity contribution < 1.29 is 32.2 Å². The molecule has 1 amide bonds. The minimum Gasteiger partial charge on any atom is -0.443 e. The van der Waals surface area contributed by atoms with Gasteiger partial charge in [0.25, 0.3) is 0 Å². The van der Waals surface area contributed by atoms with E-state index >= 15 is 0 Å². The second-order valence-corrected chi connectivity index (χ2v) is 15.1. The lowest BCUT2D eigenvalue weighted by molar-refractivity contribution is -0.162. The first-order valence-electron chi connectivity index (χ1n) is 14.3. The number of amides is 1. The van der Waals surface area contributed by atoms with Crippen molar-refractivity contribution in [3.05, 3.63) is 18.2 Å². The molecule has 2 saturated carbocycles. The molecule has 1 aromatic heterocycles. The number of aromatic nitrogens is 1. The molecule has 0 radical (unpaired) electrons. The second-order valence-electron chi connectivity index (χ2n) is 12.1. The van der Waals surface area contributed by atoms with Gasteiger partial charge in [0.15, 0.2) is 11.4 Å². The predicted molar refractivity (Wildman–Crippen MR) is 148 cm³/mol. The van der Waals surface area contributed by atoms with Gasteiger partial charge in [-0.25, -0.2) is 18.2 Å². The fourth-order valence-corrected chi connectivity index (χ4v) is 8.42. The SMILES string of the molecule is CC1(CN(CCCNC(=O)OC2C3COC4CC2OC4OC3)S(=O)(=O)c2ccc3nc(NC4CC4)sc3c2)CC1. The van der Waals surface area contributed by atoms with E-state index in [2.05, 4.69) is 22.5 Å². The highest BCUT2D eigenvalue weighted by molar-refractivity contribution is 7.89. The number of sulfonamides is 1. The summed E-state index contributed by atoms with van der Waals surface area (Å²) >= 11 is 1.49. The van der Waals surface area contributed by atoms with Gasteiger partial charge < -0.3 is 29.6 Å². The summed E-state index contributed by atoms with van der Waals surface area (Å²) in [4.78, 5) is 17.5. The van der Waals surface area contributed by atoms with E-state index in [0.29, 0.717) is 51.7 Å². The molecule has 6 aliphatic rings. The molecule has 11 nitrogen and oxygen atoms in total. The van der Waals surface area contributed by atoms with Crippen molar-refractivity contribution >= 4 is 42.8 Å². The molecule has 2 N–H and O–H groups in total. The van der Waals surface area contributed by atoms with Gasteiger partial charge in [0.2, 0.25) is 10.0 Å². The first-order chi connectivity index (χ1) is 19.3. The lowest BCUT2D eigenvalue weighted by Gasteiger charge is -2.27. The van der Waals surface area contributed by atoms with Crippen LogP contribution >= 0.6 is 11.3 Å². The van der Waals surface area contributed by atoms with Crippen LogP contribution in [0.25, 0.3) is 10.2 Å². The molecule has 5 unspecified atom stereocenters. The number of nitrogens with one attached hydrogen (secondary N) is 2. The largest absolute Gasteiger partial charge is 0.443 e. The van der Waals surface area contributed by atoms with E-state index in [-0.39, 0.29) is 34.7 Å². The lowest BCUT2D eigenvalue weighted by atomic mass is 9.98. The van der Waals surface area contributed by atoms with Gasteiger partial charge in [-0.2, -0.15) is 4.31 Å². The fourth-order valence-electron chi connectivity index (χ4n) is 5.71. The maximum absolute atomic E-state index is 13.8. The summed E-state index contributed by atoms with van der Waals surface area (Å²) in [5.41, 5.74) is 0.797. The zero-order valence-electron chi connectivity index (χ0n) is 22.5. The molecule has 4 bridgehead atoms. The molecule has 40 heavy (non-hydrogen) atoms. The Bertz CT molecular complexity index is 1360. The average Bonchev–Trinajstić information content (AvgIpc) is 3.83. The predicted octanol–water partition coefficient (Wildman–Crippen LogP) is 3.31. The summed E-state index contributed by atoms with van der Waals surface area (Å²) in [5, 5.41) is 7.04. The first kappa shape index (κ1) is 26.8. The van der Waals surface area contributed by atoms with Crippen LogP contribution in [0.1, 0.15) is 45.4 Å². The van der Waals surface area contributed by atoms with Crippen LogP contribution in [-0.4, -0.2) is 87.3 Å². The van der Waals surface area contributed by atoms with Crippen LogP contribution < -0.4 is 10.6 Å². The molecule has 6 fully saturated rings. The van der Waals surface area contributed by atoms with E-state index in [4.69, 9.17) is 18.9 Å². The van der Waals surface area contributed by atoms with Gasteiger partial charge >= 0.3 is 6.09 Å². The topological polar surface area (TPSA) is 128 Å². The number of hydrogen-bond donors (Lipinski definition) is 2. The Hall–Kier alpha value is -2.03. The third-order valence-electron chi connectivity index (χ3n) is 8.57. The normalized spacial score (nSPS) is 30.4. The Labute approximate surface area is 237 Å². The molecule has 1 aromatic carbocycles. The lowest BCUT2D eigenvalue weighted by Crippen LogP contribution is -2.42. The van der Waals surface area contributed by atoms with Crippen LogP contribution in [0, 0.1) is 11.3 Å². The van der Waals surface area contributed by atoms with Crippen molar-refractivity contribution in [2.24, 2.45) is 11.3 Å². The summed E-state index contributed by atoms with van der Waals surface area (Å²) in [5.74, 6) is -0.0652. The number of rotatable bonds is 11. The van der Waals surface area contributed by atoms with Crippen molar-refractivity contribution in [2.45, 2.75) is 81.0 Å². The number of hydrogen-bond acceptors (Lipinski definition) is 10. The number of anilines is 1. The Morgan fingerprint density at radius 1 is 1.23 bits per heavy atom. The molecule has 2 aromatic rings. The van der Waals surface area contributed by atoms with Gasteiger partial charge in [-0.1, -0.05) is 18.3 Å². The number of benzene rings is 1. The third-order valence-corrected chi connectivity index (χ3v) is 11.4.